The lowest BCUT2D eigenvalue weighted by Crippen LogP contribution is -2.29. The minimum absolute atomic E-state index is 0.270. The standard InChI is InChI=1S/C30H30F3N5O/c1-19-6-7-21(15-25(19)20-9-11-26-23(14-20)17-35-29(34-2)36-26)28(39)37(3)27-16-24(30(31,32)33)10-8-22(27)18-38-12-4-5-13-38/h6-11,14-17H,4-5,12-13,18H2,1-3H3,(H,34,35,36). The van der Waals surface area contributed by atoms with E-state index < -0.39 is 11.7 Å². The molecule has 1 aliphatic rings. The number of halogens is 3. The first-order valence-electron chi connectivity index (χ1n) is 12.9. The quantitative estimate of drug-likeness (QED) is 0.305. The molecule has 5 rings (SSSR count). The molecule has 0 aliphatic carbocycles. The Balaban J connectivity index is 1.50. The van der Waals surface area contributed by atoms with Gasteiger partial charge in [0.05, 0.1) is 11.1 Å². The maximum absolute atomic E-state index is 13.7. The number of hydrogen-bond donors (Lipinski definition) is 1. The SMILES string of the molecule is CNc1ncc2cc(-c3cc(C(=O)N(C)c4cc(C(F)(F)F)ccc4CN4CCCC4)ccc3C)ccc2n1. The highest BCUT2D eigenvalue weighted by Gasteiger charge is 2.32. The van der Waals surface area contributed by atoms with Crippen molar-refractivity contribution in [2.45, 2.75) is 32.5 Å². The van der Waals surface area contributed by atoms with Crippen molar-refractivity contribution in [1.82, 2.24) is 14.9 Å². The summed E-state index contributed by atoms with van der Waals surface area (Å²) in [6.07, 6.45) is -0.635. The molecule has 4 aromatic rings. The lowest BCUT2D eigenvalue weighted by molar-refractivity contribution is -0.137. The third-order valence-corrected chi connectivity index (χ3v) is 7.27. The maximum atomic E-state index is 13.7. The van der Waals surface area contributed by atoms with E-state index in [2.05, 4.69) is 20.2 Å². The van der Waals surface area contributed by atoms with E-state index in [1.807, 2.05) is 31.2 Å². The van der Waals surface area contributed by atoms with Crippen LogP contribution in [0.2, 0.25) is 0 Å². The van der Waals surface area contributed by atoms with Crippen molar-refractivity contribution in [3.63, 3.8) is 0 Å². The number of benzene rings is 3. The van der Waals surface area contributed by atoms with Gasteiger partial charge in [0.1, 0.15) is 0 Å². The summed E-state index contributed by atoms with van der Waals surface area (Å²) < 4.78 is 40.8. The number of likely N-dealkylation sites (tertiary alicyclic amines) is 1. The molecule has 1 amide bonds. The van der Waals surface area contributed by atoms with Gasteiger partial charge in [-0.25, -0.2) is 9.97 Å². The molecule has 3 aromatic carbocycles. The van der Waals surface area contributed by atoms with Crippen LogP contribution in [0.5, 0.6) is 0 Å². The zero-order chi connectivity index (χ0) is 27.7. The number of aryl methyl sites for hydroxylation is 1. The van der Waals surface area contributed by atoms with Crippen molar-refractivity contribution in [2.24, 2.45) is 0 Å². The Morgan fingerprint density at radius 1 is 1.05 bits per heavy atom. The summed E-state index contributed by atoms with van der Waals surface area (Å²) in [5.41, 5.74) is 4.10. The van der Waals surface area contributed by atoms with Gasteiger partial charge in [0, 0.05) is 43.5 Å². The predicted octanol–water partition coefficient (Wildman–Crippen LogP) is 6.54. The van der Waals surface area contributed by atoms with Crippen LogP contribution in [-0.4, -0.2) is 48.0 Å². The van der Waals surface area contributed by atoms with E-state index in [0.29, 0.717) is 23.6 Å². The molecular weight excluding hydrogens is 503 g/mol. The monoisotopic (exact) mass is 533 g/mol. The summed E-state index contributed by atoms with van der Waals surface area (Å²) in [6.45, 7) is 4.25. The van der Waals surface area contributed by atoms with Crippen molar-refractivity contribution in [3.05, 3.63) is 83.0 Å². The zero-order valence-corrected chi connectivity index (χ0v) is 22.1. The first kappa shape index (κ1) is 26.6. The highest BCUT2D eigenvalue weighted by molar-refractivity contribution is 6.07. The average molecular weight is 534 g/mol. The Bertz CT molecular complexity index is 1530. The number of fused-ring (bicyclic) bond motifs is 1. The lowest BCUT2D eigenvalue weighted by Gasteiger charge is -2.25. The maximum Gasteiger partial charge on any atom is 0.416 e. The van der Waals surface area contributed by atoms with Gasteiger partial charge in [0.15, 0.2) is 0 Å². The number of alkyl halides is 3. The summed E-state index contributed by atoms with van der Waals surface area (Å²) in [4.78, 5) is 26.0. The van der Waals surface area contributed by atoms with E-state index >= 15 is 0 Å². The molecule has 1 aromatic heterocycles. The first-order chi connectivity index (χ1) is 18.6. The van der Waals surface area contributed by atoms with Gasteiger partial charge in [-0.1, -0.05) is 18.2 Å². The molecule has 0 atom stereocenters. The van der Waals surface area contributed by atoms with Crippen LogP contribution in [0.15, 0.2) is 60.8 Å². The largest absolute Gasteiger partial charge is 0.416 e. The van der Waals surface area contributed by atoms with Crippen LogP contribution in [0.1, 0.15) is 39.9 Å². The summed E-state index contributed by atoms with van der Waals surface area (Å²) in [5, 5.41) is 3.78. The molecule has 0 spiro atoms. The Kier molecular flexibility index (Phi) is 7.27. The fraction of sp³-hybridized carbons (Fsp3) is 0.300. The third kappa shape index (κ3) is 5.59. The summed E-state index contributed by atoms with van der Waals surface area (Å²) in [5.74, 6) is 0.154. The molecule has 39 heavy (non-hydrogen) atoms. The van der Waals surface area contributed by atoms with Crippen LogP contribution in [0.25, 0.3) is 22.0 Å². The summed E-state index contributed by atoms with van der Waals surface area (Å²) in [6, 6.07) is 14.9. The molecule has 0 radical (unpaired) electrons. The van der Waals surface area contributed by atoms with Gasteiger partial charge in [-0.15, -0.1) is 0 Å². The van der Waals surface area contributed by atoms with Crippen LogP contribution < -0.4 is 10.2 Å². The first-order valence-corrected chi connectivity index (χ1v) is 12.9. The minimum Gasteiger partial charge on any atom is -0.357 e. The minimum atomic E-state index is -4.50. The van der Waals surface area contributed by atoms with E-state index in [9.17, 15) is 18.0 Å². The van der Waals surface area contributed by atoms with Gasteiger partial charge in [-0.2, -0.15) is 13.2 Å². The molecule has 1 aliphatic heterocycles. The molecule has 1 fully saturated rings. The molecule has 0 unspecified atom stereocenters. The lowest BCUT2D eigenvalue weighted by atomic mass is 9.96. The molecule has 2 heterocycles. The average Bonchev–Trinajstić information content (AvgIpc) is 3.44. The molecule has 1 N–H and O–H groups in total. The van der Waals surface area contributed by atoms with E-state index in [1.165, 1.54) is 18.0 Å². The zero-order valence-electron chi connectivity index (χ0n) is 22.1. The molecule has 9 heteroatoms. The number of nitrogens with zero attached hydrogens (tertiary/aromatic N) is 4. The third-order valence-electron chi connectivity index (χ3n) is 7.27. The molecule has 0 saturated carbocycles. The van der Waals surface area contributed by atoms with Gasteiger partial charge in [0.2, 0.25) is 5.95 Å². The topological polar surface area (TPSA) is 61.4 Å². The fourth-order valence-electron chi connectivity index (χ4n) is 5.06. The Labute approximate surface area is 225 Å². The number of rotatable bonds is 6. The van der Waals surface area contributed by atoms with E-state index in [0.717, 1.165) is 65.7 Å². The number of amides is 1. The molecule has 1 saturated heterocycles. The summed E-state index contributed by atoms with van der Waals surface area (Å²) >= 11 is 0. The van der Waals surface area contributed by atoms with Crippen molar-refractivity contribution in [1.29, 1.82) is 0 Å². The van der Waals surface area contributed by atoms with Crippen LogP contribution in [0.4, 0.5) is 24.8 Å². The molecular formula is C30H30F3N5O. The molecule has 0 bridgehead atoms. The van der Waals surface area contributed by atoms with Gasteiger partial charge < -0.3 is 10.2 Å². The highest BCUT2D eigenvalue weighted by Crippen LogP contribution is 2.35. The molecule has 202 valence electrons. The Morgan fingerprint density at radius 2 is 1.82 bits per heavy atom. The van der Waals surface area contributed by atoms with E-state index in [-0.39, 0.29) is 11.6 Å². The van der Waals surface area contributed by atoms with Gasteiger partial charge in [0.25, 0.3) is 5.91 Å². The van der Waals surface area contributed by atoms with Crippen LogP contribution >= 0.6 is 0 Å². The van der Waals surface area contributed by atoms with Gasteiger partial charge >= 0.3 is 6.18 Å². The van der Waals surface area contributed by atoms with Crippen molar-refractivity contribution >= 4 is 28.4 Å². The second-order valence-corrected chi connectivity index (χ2v) is 9.94. The van der Waals surface area contributed by atoms with E-state index in [1.54, 1.807) is 25.4 Å². The predicted molar refractivity (Wildman–Crippen MR) is 148 cm³/mol. The smallest absolute Gasteiger partial charge is 0.357 e. The van der Waals surface area contributed by atoms with Crippen LogP contribution in [0, 0.1) is 6.92 Å². The Morgan fingerprint density at radius 3 is 2.54 bits per heavy atom. The van der Waals surface area contributed by atoms with Crippen molar-refractivity contribution in [3.8, 4) is 11.1 Å². The van der Waals surface area contributed by atoms with Gasteiger partial charge in [-0.05, 0) is 91.5 Å². The van der Waals surface area contributed by atoms with Crippen molar-refractivity contribution in [2.75, 3.05) is 37.4 Å². The van der Waals surface area contributed by atoms with Crippen LogP contribution in [-0.2, 0) is 12.7 Å². The number of carbonyl (C=O) groups is 1. The highest BCUT2D eigenvalue weighted by atomic mass is 19.4. The molecule has 6 nitrogen and oxygen atoms in total. The fourth-order valence-corrected chi connectivity index (χ4v) is 5.06. The Hall–Kier alpha value is -3.98. The van der Waals surface area contributed by atoms with Crippen molar-refractivity contribution < 1.29 is 18.0 Å². The normalized spacial score (nSPS) is 14.1. The van der Waals surface area contributed by atoms with Crippen LogP contribution in [0.3, 0.4) is 0 Å². The number of carbonyl (C=O) groups excluding carboxylic acids is 1. The number of nitrogens with one attached hydrogen (secondary N) is 1. The number of aromatic nitrogens is 2. The number of hydrogen-bond acceptors (Lipinski definition) is 5. The van der Waals surface area contributed by atoms with E-state index in [4.69, 9.17) is 0 Å². The van der Waals surface area contributed by atoms with Gasteiger partial charge in [-0.3, -0.25) is 9.69 Å². The number of anilines is 2. The summed E-state index contributed by atoms with van der Waals surface area (Å²) in [7, 11) is 3.30. The second-order valence-electron chi connectivity index (χ2n) is 9.94. The second kappa shape index (κ2) is 10.6.